The minimum absolute atomic E-state index is 0.0259. The van der Waals surface area contributed by atoms with Crippen LogP contribution in [0.25, 0.3) is 10.9 Å². The van der Waals surface area contributed by atoms with Crippen molar-refractivity contribution in [2.24, 2.45) is 0 Å². The van der Waals surface area contributed by atoms with Crippen LogP contribution in [0.3, 0.4) is 0 Å². The first-order valence-electron chi connectivity index (χ1n) is 10.3. The molecule has 0 saturated heterocycles. The monoisotopic (exact) mass is 404 g/mol. The zero-order valence-corrected chi connectivity index (χ0v) is 17.5. The summed E-state index contributed by atoms with van der Waals surface area (Å²) in [7, 11) is 4.14. The number of hydrogen-bond acceptors (Lipinski definition) is 3. The van der Waals surface area contributed by atoms with Crippen molar-refractivity contribution >= 4 is 10.9 Å². The first-order chi connectivity index (χ1) is 14.5. The van der Waals surface area contributed by atoms with E-state index in [0.29, 0.717) is 25.1 Å². The summed E-state index contributed by atoms with van der Waals surface area (Å²) in [6.45, 7) is 1.42. The van der Waals surface area contributed by atoms with Gasteiger partial charge in [-0.2, -0.15) is 0 Å². The molecule has 0 radical (unpaired) electrons. The second kappa shape index (κ2) is 8.63. The molecule has 0 amide bonds. The van der Waals surface area contributed by atoms with Crippen molar-refractivity contribution in [2.75, 3.05) is 20.6 Å². The molecule has 0 atom stereocenters. The molecule has 4 rings (SSSR count). The SMILES string of the molecule is CN(C)CCc1c[nH]c2ccc(Cc3[nH]c(=O)n(CCc4ccccc4)c3O)cc12. The number of benzene rings is 2. The molecule has 0 saturated carbocycles. The summed E-state index contributed by atoms with van der Waals surface area (Å²) >= 11 is 0. The van der Waals surface area contributed by atoms with Crippen LogP contribution < -0.4 is 5.69 Å². The summed E-state index contributed by atoms with van der Waals surface area (Å²) in [6.07, 6.45) is 4.20. The van der Waals surface area contributed by atoms with E-state index in [9.17, 15) is 9.90 Å². The Balaban J connectivity index is 1.53. The van der Waals surface area contributed by atoms with Crippen LogP contribution in [0, 0.1) is 0 Å². The number of aryl methyl sites for hydroxylation is 1. The number of aromatic amines is 2. The maximum Gasteiger partial charge on any atom is 0.328 e. The molecule has 0 spiro atoms. The second-order valence-corrected chi connectivity index (χ2v) is 8.04. The van der Waals surface area contributed by atoms with Crippen molar-refractivity contribution in [2.45, 2.75) is 25.8 Å². The van der Waals surface area contributed by atoms with Crippen LogP contribution in [0.4, 0.5) is 0 Å². The van der Waals surface area contributed by atoms with E-state index in [-0.39, 0.29) is 11.6 Å². The van der Waals surface area contributed by atoms with E-state index in [4.69, 9.17) is 0 Å². The van der Waals surface area contributed by atoms with Crippen molar-refractivity contribution in [1.82, 2.24) is 19.4 Å². The quantitative estimate of drug-likeness (QED) is 0.422. The van der Waals surface area contributed by atoms with Gasteiger partial charge in [0.25, 0.3) is 0 Å². The fourth-order valence-corrected chi connectivity index (χ4v) is 3.82. The van der Waals surface area contributed by atoms with Crippen LogP contribution >= 0.6 is 0 Å². The van der Waals surface area contributed by atoms with E-state index < -0.39 is 0 Å². The summed E-state index contributed by atoms with van der Waals surface area (Å²) < 4.78 is 1.42. The van der Waals surface area contributed by atoms with Crippen molar-refractivity contribution in [1.29, 1.82) is 0 Å². The van der Waals surface area contributed by atoms with E-state index in [0.717, 1.165) is 29.6 Å². The highest BCUT2D eigenvalue weighted by molar-refractivity contribution is 5.84. The van der Waals surface area contributed by atoms with Crippen LogP contribution in [0.5, 0.6) is 5.88 Å². The Kier molecular flexibility index (Phi) is 5.77. The fourth-order valence-electron chi connectivity index (χ4n) is 3.82. The molecule has 2 heterocycles. The highest BCUT2D eigenvalue weighted by Crippen LogP contribution is 2.24. The minimum Gasteiger partial charge on any atom is -0.493 e. The van der Waals surface area contributed by atoms with Gasteiger partial charge in [-0.15, -0.1) is 0 Å². The Morgan fingerprint density at radius 3 is 2.60 bits per heavy atom. The van der Waals surface area contributed by atoms with Crippen molar-refractivity contribution < 1.29 is 5.11 Å². The first-order valence-corrected chi connectivity index (χ1v) is 10.3. The molecule has 2 aromatic carbocycles. The number of nitrogens with one attached hydrogen (secondary N) is 2. The van der Waals surface area contributed by atoms with Gasteiger partial charge < -0.3 is 20.0 Å². The summed E-state index contributed by atoms with van der Waals surface area (Å²) in [5.74, 6) is 0.0259. The van der Waals surface area contributed by atoms with Gasteiger partial charge in [0.2, 0.25) is 5.88 Å². The van der Waals surface area contributed by atoms with Crippen LogP contribution in [-0.2, 0) is 25.8 Å². The normalized spacial score (nSPS) is 11.6. The zero-order valence-electron chi connectivity index (χ0n) is 17.5. The van der Waals surface area contributed by atoms with Gasteiger partial charge in [0.05, 0.1) is 5.69 Å². The Labute approximate surface area is 175 Å². The summed E-state index contributed by atoms with van der Waals surface area (Å²) in [5, 5.41) is 11.8. The summed E-state index contributed by atoms with van der Waals surface area (Å²) in [5.41, 5.74) is 4.85. The third kappa shape index (κ3) is 4.33. The largest absolute Gasteiger partial charge is 0.493 e. The molecule has 0 bridgehead atoms. The van der Waals surface area contributed by atoms with Gasteiger partial charge in [0.1, 0.15) is 0 Å². The lowest BCUT2D eigenvalue weighted by molar-refractivity contribution is 0.409. The second-order valence-electron chi connectivity index (χ2n) is 8.04. The van der Waals surface area contributed by atoms with E-state index in [2.05, 4.69) is 47.3 Å². The van der Waals surface area contributed by atoms with Crippen LogP contribution in [-0.4, -0.2) is 45.2 Å². The van der Waals surface area contributed by atoms with Crippen LogP contribution in [0.2, 0.25) is 0 Å². The van der Waals surface area contributed by atoms with Gasteiger partial charge >= 0.3 is 5.69 Å². The Morgan fingerprint density at radius 1 is 1.03 bits per heavy atom. The number of aromatic hydroxyl groups is 1. The van der Waals surface area contributed by atoms with Crippen molar-refractivity contribution in [3.8, 4) is 5.88 Å². The van der Waals surface area contributed by atoms with E-state index in [1.165, 1.54) is 15.5 Å². The lowest BCUT2D eigenvalue weighted by atomic mass is 10.0. The molecule has 30 heavy (non-hydrogen) atoms. The van der Waals surface area contributed by atoms with Gasteiger partial charge in [-0.1, -0.05) is 36.4 Å². The van der Waals surface area contributed by atoms with Gasteiger partial charge in [-0.25, -0.2) is 4.79 Å². The molecular weight excluding hydrogens is 376 g/mol. The standard InChI is InChI=1S/C24H28N4O2/c1-27(2)12-11-19-16-25-21-9-8-18(14-20(19)21)15-22-23(29)28(24(30)26-22)13-10-17-6-4-3-5-7-17/h3-9,14,16,25,29H,10-13,15H2,1-2H3,(H,26,30). The van der Waals surface area contributed by atoms with Gasteiger partial charge in [0, 0.05) is 36.6 Å². The third-order valence-electron chi connectivity index (χ3n) is 5.54. The van der Waals surface area contributed by atoms with E-state index >= 15 is 0 Å². The van der Waals surface area contributed by atoms with Gasteiger partial charge in [-0.3, -0.25) is 4.57 Å². The fraction of sp³-hybridized carbons (Fsp3) is 0.292. The number of imidazole rings is 1. The molecule has 0 fully saturated rings. The smallest absolute Gasteiger partial charge is 0.328 e. The molecule has 156 valence electrons. The molecule has 3 N–H and O–H groups in total. The number of H-pyrrole nitrogens is 2. The summed E-state index contributed by atoms with van der Waals surface area (Å²) in [4.78, 5) is 20.7. The Morgan fingerprint density at radius 2 is 1.83 bits per heavy atom. The van der Waals surface area contributed by atoms with Gasteiger partial charge in [0.15, 0.2) is 0 Å². The van der Waals surface area contributed by atoms with Gasteiger partial charge in [-0.05, 0) is 55.8 Å². The highest BCUT2D eigenvalue weighted by atomic mass is 16.3. The predicted octanol–water partition coefficient (Wildman–Crippen LogP) is 3.30. The molecular formula is C24H28N4O2. The first kappa shape index (κ1) is 20.0. The number of hydrogen-bond donors (Lipinski definition) is 3. The average Bonchev–Trinajstić information content (AvgIpc) is 3.26. The molecule has 6 heteroatoms. The molecule has 4 aromatic rings. The highest BCUT2D eigenvalue weighted by Gasteiger charge is 2.14. The molecule has 0 aliphatic heterocycles. The molecule has 0 aliphatic carbocycles. The molecule has 0 aliphatic rings. The number of fused-ring (bicyclic) bond motifs is 1. The van der Waals surface area contributed by atoms with Crippen LogP contribution in [0.15, 0.2) is 59.5 Å². The lowest BCUT2D eigenvalue weighted by Crippen LogP contribution is -2.17. The molecule has 0 unspecified atom stereocenters. The number of rotatable bonds is 8. The van der Waals surface area contributed by atoms with Crippen LogP contribution in [0.1, 0.15) is 22.4 Å². The van der Waals surface area contributed by atoms with E-state index in [1.54, 1.807) is 0 Å². The average molecular weight is 405 g/mol. The predicted molar refractivity (Wildman–Crippen MR) is 120 cm³/mol. The van der Waals surface area contributed by atoms with Crippen molar-refractivity contribution in [3.63, 3.8) is 0 Å². The van der Waals surface area contributed by atoms with Crippen molar-refractivity contribution in [3.05, 3.63) is 87.6 Å². The molecule has 2 aromatic heterocycles. The number of nitrogens with zero attached hydrogens (tertiary/aromatic N) is 2. The number of aromatic nitrogens is 3. The Hall–Kier alpha value is -3.25. The third-order valence-corrected chi connectivity index (χ3v) is 5.54. The summed E-state index contributed by atoms with van der Waals surface area (Å²) in [6, 6.07) is 16.2. The maximum atomic E-state index is 12.4. The number of likely N-dealkylation sites (N-methyl/N-ethyl adjacent to an activating group) is 1. The maximum absolute atomic E-state index is 12.4. The van der Waals surface area contributed by atoms with E-state index in [1.807, 2.05) is 36.4 Å². The Bertz CT molecular complexity index is 1190. The lowest BCUT2D eigenvalue weighted by Gasteiger charge is -2.08. The minimum atomic E-state index is -0.271. The topological polar surface area (TPSA) is 77.0 Å². The molecule has 6 nitrogen and oxygen atoms in total. The zero-order chi connectivity index (χ0) is 21.1.